The van der Waals surface area contributed by atoms with Crippen LogP contribution in [0.5, 0.6) is 5.75 Å². The molecule has 1 fully saturated rings. The minimum Gasteiger partial charge on any atom is -0.496 e. The molecule has 0 radical (unpaired) electrons. The molecule has 19 heavy (non-hydrogen) atoms. The van der Waals surface area contributed by atoms with Gasteiger partial charge < -0.3 is 10.1 Å². The molecule has 2 N–H and O–H groups in total. The minimum atomic E-state index is -0.109. The van der Waals surface area contributed by atoms with Gasteiger partial charge in [-0.1, -0.05) is 18.2 Å². The lowest BCUT2D eigenvalue weighted by atomic mass is 10.0. The van der Waals surface area contributed by atoms with E-state index < -0.39 is 0 Å². The van der Waals surface area contributed by atoms with Crippen LogP contribution in [0.25, 0.3) is 0 Å². The van der Waals surface area contributed by atoms with Crippen molar-refractivity contribution in [3.8, 4) is 5.75 Å². The molecule has 0 aromatic heterocycles. The van der Waals surface area contributed by atoms with Crippen molar-refractivity contribution < 1.29 is 9.53 Å². The molecule has 0 spiro atoms. The first kappa shape index (κ1) is 13.9. The highest BCUT2D eigenvalue weighted by Gasteiger charge is 2.23. The van der Waals surface area contributed by atoms with E-state index >= 15 is 0 Å². The van der Waals surface area contributed by atoms with E-state index in [1.54, 1.807) is 7.11 Å². The average Bonchev–Trinajstić information content (AvgIpc) is 2.64. The van der Waals surface area contributed by atoms with Crippen LogP contribution in [0.3, 0.4) is 0 Å². The average molecular weight is 262 g/mol. The molecule has 1 aliphatic rings. The summed E-state index contributed by atoms with van der Waals surface area (Å²) in [6.07, 6.45) is 3.04. The first-order chi connectivity index (χ1) is 9.22. The summed E-state index contributed by atoms with van der Waals surface area (Å²) < 4.78 is 5.37. The number of hydrogen-bond acceptors (Lipinski definition) is 3. The Balaban J connectivity index is 2.07. The molecule has 4 nitrogen and oxygen atoms in total. The smallest absolute Gasteiger partial charge is 0.237 e. The Morgan fingerprint density at radius 2 is 2.16 bits per heavy atom. The fourth-order valence-corrected chi connectivity index (χ4v) is 2.51. The lowest BCUT2D eigenvalue weighted by Gasteiger charge is -2.22. The van der Waals surface area contributed by atoms with E-state index in [4.69, 9.17) is 4.74 Å². The van der Waals surface area contributed by atoms with Gasteiger partial charge in [-0.3, -0.25) is 10.1 Å². The molecule has 0 aliphatic carbocycles. The molecule has 2 unspecified atom stereocenters. The lowest BCUT2D eigenvalue weighted by Crippen LogP contribution is -2.43. The number of carbonyl (C=O) groups excluding carboxylic acids is 1. The van der Waals surface area contributed by atoms with E-state index in [0.29, 0.717) is 0 Å². The third kappa shape index (κ3) is 3.47. The molecule has 0 saturated carbocycles. The predicted octanol–water partition coefficient (Wildman–Crippen LogP) is 2.01. The van der Waals surface area contributed by atoms with Crippen molar-refractivity contribution in [2.24, 2.45) is 0 Å². The van der Waals surface area contributed by atoms with Gasteiger partial charge >= 0.3 is 0 Å². The second kappa shape index (κ2) is 6.57. The van der Waals surface area contributed by atoms with Gasteiger partial charge in [0.25, 0.3) is 0 Å². The van der Waals surface area contributed by atoms with Crippen LogP contribution in [-0.2, 0) is 4.79 Å². The van der Waals surface area contributed by atoms with Crippen molar-refractivity contribution in [1.29, 1.82) is 0 Å². The van der Waals surface area contributed by atoms with Crippen LogP contribution in [0.4, 0.5) is 0 Å². The molecule has 0 bridgehead atoms. The SMILES string of the molecule is COc1ccccc1C(C)NC1CCCCNC1=O. The normalized spacial score (nSPS) is 21.4. The molecule has 1 aromatic rings. The molecule has 4 heteroatoms. The second-order valence-corrected chi connectivity index (χ2v) is 4.97. The van der Waals surface area contributed by atoms with Crippen LogP contribution in [0.2, 0.25) is 0 Å². The van der Waals surface area contributed by atoms with E-state index in [2.05, 4.69) is 17.6 Å². The van der Waals surface area contributed by atoms with Crippen LogP contribution in [0.15, 0.2) is 24.3 Å². The van der Waals surface area contributed by atoms with Crippen LogP contribution in [-0.4, -0.2) is 25.6 Å². The maximum atomic E-state index is 11.9. The van der Waals surface area contributed by atoms with E-state index in [0.717, 1.165) is 37.1 Å². The molecule has 2 atom stereocenters. The van der Waals surface area contributed by atoms with Crippen molar-refractivity contribution in [1.82, 2.24) is 10.6 Å². The van der Waals surface area contributed by atoms with Gasteiger partial charge in [0.1, 0.15) is 5.75 Å². The van der Waals surface area contributed by atoms with Gasteiger partial charge in [0, 0.05) is 18.2 Å². The summed E-state index contributed by atoms with van der Waals surface area (Å²) in [4.78, 5) is 11.9. The maximum Gasteiger partial charge on any atom is 0.237 e. The van der Waals surface area contributed by atoms with Crippen molar-refractivity contribution >= 4 is 5.91 Å². The zero-order valence-electron chi connectivity index (χ0n) is 11.6. The topological polar surface area (TPSA) is 50.4 Å². The minimum absolute atomic E-state index is 0.0880. The summed E-state index contributed by atoms with van der Waals surface area (Å²) in [6.45, 7) is 2.86. The molecule has 1 heterocycles. The van der Waals surface area contributed by atoms with Gasteiger partial charge in [0.2, 0.25) is 5.91 Å². The fraction of sp³-hybridized carbons (Fsp3) is 0.533. The molecular formula is C15H22N2O2. The van der Waals surface area contributed by atoms with Crippen molar-refractivity contribution in [2.75, 3.05) is 13.7 Å². The first-order valence-corrected chi connectivity index (χ1v) is 6.89. The summed E-state index contributed by atoms with van der Waals surface area (Å²) in [5, 5.41) is 6.35. The number of para-hydroxylation sites is 1. The number of benzene rings is 1. The van der Waals surface area contributed by atoms with Crippen LogP contribution >= 0.6 is 0 Å². The Morgan fingerprint density at radius 3 is 2.95 bits per heavy atom. The summed E-state index contributed by atoms with van der Waals surface area (Å²) in [7, 11) is 1.67. The van der Waals surface area contributed by atoms with Gasteiger partial charge in [-0.05, 0) is 32.3 Å². The zero-order valence-corrected chi connectivity index (χ0v) is 11.6. The summed E-state index contributed by atoms with van der Waals surface area (Å²) in [5.41, 5.74) is 1.09. The summed E-state index contributed by atoms with van der Waals surface area (Å²) in [6, 6.07) is 7.90. The Bertz CT molecular complexity index is 434. The highest BCUT2D eigenvalue weighted by molar-refractivity contribution is 5.82. The number of nitrogens with one attached hydrogen (secondary N) is 2. The third-order valence-electron chi connectivity index (χ3n) is 3.59. The molecule has 1 aromatic carbocycles. The van der Waals surface area contributed by atoms with Gasteiger partial charge in [-0.15, -0.1) is 0 Å². The lowest BCUT2D eigenvalue weighted by molar-refractivity contribution is -0.123. The molecule has 104 valence electrons. The monoisotopic (exact) mass is 262 g/mol. The Labute approximate surface area is 114 Å². The fourth-order valence-electron chi connectivity index (χ4n) is 2.51. The van der Waals surface area contributed by atoms with Crippen molar-refractivity contribution in [3.05, 3.63) is 29.8 Å². The number of amides is 1. The van der Waals surface area contributed by atoms with Gasteiger partial charge in [-0.2, -0.15) is 0 Å². The molecule has 1 amide bonds. The van der Waals surface area contributed by atoms with E-state index in [-0.39, 0.29) is 18.0 Å². The van der Waals surface area contributed by atoms with Crippen LogP contribution in [0.1, 0.15) is 37.8 Å². The maximum absolute atomic E-state index is 11.9. The number of methoxy groups -OCH3 is 1. The standard InChI is InChI=1S/C15H22N2O2/c1-11(12-7-3-4-9-14(12)19-2)17-13-8-5-6-10-16-15(13)18/h3-4,7,9,11,13,17H,5-6,8,10H2,1-2H3,(H,16,18). The predicted molar refractivity (Wildman–Crippen MR) is 75.2 cm³/mol. The third-order valence-corrected chi connectivity index (χ3v) is 3.59. The van der Waals surface area contributed by atoms with Crippen LogP contribution in [0, 0.1) is 0 Å². The summed E-state index contributed by atoms with van der Waals surface area (Å²) in [5.74, 6) is 0.968. The summed E-state index contributed by atoms with van der Waals surface area (Å²) >= 11 is 0. The van der Waals surface area contributed by atoms with Crippen LogP contribution < -0.4 is 15.4 Å². The van der Waals surface area contributed by atoms with Gasteiger partial charge in [0.05, 0.1) is 13.2 Å². The highest BCUT2D eigenvalue weighted by Crippen LogP contribution is 2.25. The van der Waals surface area contributed by atoms with Gasteiger partial charge in [-0.25, -0.2) is 0 Å². The molecule has 2 rings (SSSR count). The molecular weight excluding hydrogens is 240 g/mol. The van der Waals surface area contributed by atoms with Crippen molar-refractivity contribution in [3.63, 3.8) is 0 Å². The van der Waals surface area contributed by atoms with E-state index in [9.17, 15) is 4.79 Å². The molecule has 1 aliphatic heterocycles. The highest BCUT2D eigenvalue weighted by atomic mass is 16.5. The largest absolute Gasteiger partial charge is 0.496 e. The Hall–Kier alpha value is -1.55. The number of hydrogen-bond donors (Lipinski definition) is 2. The number of carbonyl (C=O) groups is 1. The van der Waals surface area contributed by atoms with Gasteiger partial charge in [0.15, 0.2) is 0 Å². The van der Waals surface area contributed by atoms with E-state index in [1.807, 2.05) is 24.3 Å². The molecule has 1 saturated heterocycles. The zero-order chi connectivity index (χ0) is 13.7. The first-order valence-electron chi connectivity index (χ1n) is 6.89. The second-order valence-electron chi connectivity index (χ2n) is 4.97. The van der Waals surface area contributed by atoms with Crippen molar-refractivity contribution in [2.45, 2.75) is 38.3 Å². The Kier molecular flexibility index (Phi) is 4.80. The quantitative estimate of drug-likeness (QED) is 0.872. The number of ether oxygens (including phenoxy) is 1. The Morgan fingerprint density at radius 1 is 1.37 bits per heavy atom. The number of rotatable bonds is 4. The van der Waals surface area contributed by atoms with E-state index in [1.165, 1.54) is 0 Å².